The third kappa shape index (κ3) is 3.43. The molecule has 1 N–H and O–H groups in total. The van der Waals surface area contributed by atoms with Crippen LogP contribution in [-0.2, 0) is 13.5 Å². The molecule has 20 heavy (non-hydrogen) atoms. The minimum atomic E-state index is 0.498. The van der Waals surface area contributed by atoms with Crippen molar-refractivity contribution in [2.75, 3.05) is 6.54 Å². The minimum Gasteiger partial charge on any atom is -0.310 e. The molecule has 1 saturated carbocycles. The van der Waals surface area contributed by atoms with E-state index in [0.29, 0.717) is 6.04 Å². The Bertz CT molecular complexity index is 410. The van der Waals surface area contributed by atoms with Crippen molar-refractivity contribution in [1.82, 2.24) is 15.1 Å². The third-order valence-corrected chi connectivity index (χ3v) is 4.90. The molecule has 114 valence electrons. The lowest BCUT2D eigenvalue weighted by Gasteiger charge is -2.34. The van der Waals surface area contributed by atoms with E-state index >= 15 is 0 Å². The van der Waals surface area contributed by atoms with Crippen molar-refractivity contribution in [2.24, 2.45) is 18.9 Å². The number of hydrogen-bond donors (Lipinski definition) is 1. The van der Waals surface area contributed by atoms with Gasteiger partial charge in [0.15, 0.2) is 0 Å². The van der Waals surface area contributed by atoms with Gasteiger partial charge in [0.05, 0.1) is 5.69 Å². The molecule has 1 heterocycles. The van der Waals surface area contributed by atoms with Gasteiger partial charge < -0.3 is 5.32 Å². The maximum atomic E-state index is 4.64. The molecule has 0 saturated heterocycles. The van der Waals surface area contributed by atoms with Crippen LogP contribution in [0.3, 0.4) is 0 Å². The van der Waals surface area contributed by atoms with Gasteiger partial charge in [0.25, 0.3) is 0 Å². The van der Waals surface area contributed by atoms with E-state index in [9.17, 15) is 0 Å². The maximum Gasteiger partial charge on any atom is 0.0669 e. The highest BCUT2D eigenvalue weighted by molar-refractivity contribution is 5.22. The summed E-state index contributed by atoms with van der Waals surface area (Å²) in [5.74, 6) is 1.71. The summed E-state index contributed by atoms with van der Waals surface area (Å²) in [7, 11) is 2.04. The van der Waals surface area contributed by atoms with E-state index in [2.05, 4.69) is 37.4 Å². The number of nitrogens with one attached hydrogen (secondary N) is 1. The lowest BCUT2D eigenvalue weighted by atomic mass is 9.75. The summed E-state index contributed by atoms with van der Waals surface area (Å²) < 4.78 is 1.98. The van der Waals surface area contributed by atoms with Crippen LogP contribution >= 0.6 is 0 Å². The molecule has 0 spiro atoms. The second-order valence-corrected chi connectivity index (χ2v) is 6.29. The van der Waals surface area contributed by atoms with Crippen LogP contribution in [0, 0.1) is 11.8 Å². The predicted molar refractivity (Wildman–Crippen MR) is 84.7 cm³/mol. The Morgan fingerprint density at radius 3 is 2.80 bits per heavy atom. The summed E-state index contributed by atoms with van der Waals surface area (Å²) in [6.45, 7) is 7.81. The first-order valence-corrected chi connectivity index (χ1v) is 8.45. The van der Waals surface area contributed by atoms with Crippen molar-refractivity contribution in [3.8, 4) is 0 Å². The van der Waals surface area contributed by atoms with Gasteiger partial charge in [-0.05, 0) is 37.6 Å². The first-order chi connectivity index (χ1) is 9.69. The second kappa shape index (κ2) is 7.26. The van der Waals surface area contributed by atoms with Crippen molar-refractivity contribution in [1.29, 1.82) is 0 Å². The highest BCUT2D eigenvalue weighted by Gasteiger charge is 2.30. The molecule has 2 rings (SSSR count). The summed E-state index contributed by atoms with van der Waals surface area (Å²) >= 11 is 0. The monoisotopic (exact) mass is 277 g/mol. The highest BCUT2D eigenvalue weighted by Crippen LogP contribution is 2.39. The van der Waals surface area contributed by atoms with E-state index in [1.54, 1.807) is 0 Å². The maximum absolute atomic E-state index is 4.64. The van der Waals surface area contributed by atoms with Gasteiger partial charge in [-0.1, -0.05) is 40.0 Å². The van der Waals surface area contributed by atoms with Crippen LogP contribution in [-0.4, -0.2) is 16.3 Å². The summed E-state index contributed by atoms with van der Waals surface area (Å²) in [6, 6.07) is 0.498. The molecular weight excluding hydrogens is 246 g/mol. The van der Waals surface area contributed by atoms with E-state index in [0.717, 1.165) is 24.8 Å². The topological polar surface area (TPSA) is 29.9 Å². The van der Waals surface area contributed by atoms with Crippen molar-refractivity contribution in [3.05, 3.63) is 17.5 Å². The second-order valence-electron chi connectivity index (χ2n) is 6.29. The molecule has 1 fully saturated rings. The predicted octanol–water partition coefficient (Wildman–Crippen LogP) is 3.85. The molecule has 1 aliphatic rings. The number of aryl methyl sites for hydroxylation is 2. The standard InChI is InChI=1S/C17H31N3/c1-5-13-9-8-10-14(11-13)17(18-7-3)15-12-20(4)19-16(15)6-2/h12-14,17-18H,5-11H2,1-4H3. The molecular formula is C17H31N3. The van der Waals surface area contributed by atoms with Crippen LogP contribution < -0.4 is 5.32 Å². The zero-order chi connectivity index (χ0) is 14.5. The summed E-state index contributed by atoms with van der Waals surface area (Å²) in [5.41, 5.74) is 2.72. The Hall–Kier alpha value is -0.830. The van der Waals surface area contributed by atoms with Gasteiger partial charge in [0.1, 0.15) is 0 Å². The summed E-state index contributed by atoms with van der Waals surface area (Å²) in [6.07, 6.45) is 10.2. The van der Waals surface area contributed by atoms with E-state index in [1.807, 2.05) is 11.7 Å². The summed E-state index contributed by atoms with van der Waals surface area (Å²) in [4.78, 5) is 0. The molecule has 1 aliphatic carbocycles. The van der Waals surface area contributed by atoms with Crippen molar-refractivity contribution in [2.45, 2.75) is 65.3 Å². The molecule has 1 aromatic rings. The first-order valence-electron chi connectivity index (χ1n) is 8.45. The van der Waals surface area contributed by atoms with Gasteiger partial charge in [-0.3, -0.25) is 4.68 Å². The zero-order valence-corrected chi connectivity index (χ0v) is 13.7. The highest BCUT2D eigenvalue weighted by atomic mass is 15.3. The van der Waals surface area contributed by atoms with Gasteiger partial charge in [-0.15, -0.1) is 0 Å². The van der Waals surface area contributed by atoms with E-state index in [1.165, 1.54) is 43.4 Å². The minimum absolute atomic E-state index is 0.498. The van der Waals surface area contributed by atoms with Crippen molar-refractivity contribution >= 4 is 0 Å². The number of hydrogen-bond acceptors (Lipinski definition) is 2. The molecule has 3 atom stereocenters. The Kier molecular flexibility index (Phi) is 5.64. The fraction of sp³-hybridized carbons (Fsp3) is 0.824. The first kappa shape index (κ1) is 15.6. The van der Waals surface area contributed by atoms with Gasteiger partial charge in [-0.25, -0.2) is 0 Å². The zero-order valence-electron chi connectivity index (χ0n) is 13.7. The Labute approximate surface area is 124 Å². The summed E-state index contributed by atoms with van der Waals surface area (Å²) in [5, 5.41) is 8.39. The van der Waals surface area contributed by atoms with Gasteiger partial charge in [-0.2, -0.15) is 5.10 Å². The van der Waals surface area contributed by atoms with Crippen LogP contribution in [0.15, 0.2) is 6.20 Å². The molecule has 3 nitrogen and oxygen atoms in total. The molecule has 3 heteroatoms. The number of nitrogens with zero attached hydrogens (tertiary/aromatic N) is 2. The van der Waals surface area contributed by atoms with E-state index < -0.39 is 0 Å². The van der Waals surface area contributed by atoms with Crippen molar-refractivity contribution < 1.29 is 0 Å². The van der Waals surface area contributed by atoms with E-state index in [-0.39, 0.29) is 0 Å². The molecule has 0 aliphatic heterocycles. The molecule has 3 unspecified atom stereocenters. The van der Waals surface area contributed by atoms with Gasteiger partial charge in [0, 0.05) is 24.8 Å². The molecule has 0 radical (unpaired) electrons. The largest absolute Gasteiger partial charge is 0.310 e. The van der Waals surface area contributed by atoms with Crippen LogP contribution in [0.25, 0.3) is 0 Å². The third-order valence-electron chi connectivity index (χ3n) is 4.90. The fourth-order valence-electron chi connectivity index (χ4n) is 3.84. The smallest absolute Gasteiger partial charge is 0.0669 e. The van der Waals surface area contributed by atoms with Crippen LogP contribution in [0.4, 0.5) is 0 Å². The molecule has 1 aromatic heterocycles. The number of rotatable bonds is 6. The van der Waals surface area contributed by atoms with Crippen LogP contribution in [0.5, 0.6) is 0 Å². The Morgan fingerprint density at radius 2 is 2.15 bits per heavy atom. The lowest BCUT2D eigenvalue weighted by Crippen LogP contribution is -2.32. The number of aromatic nitrogens is 2. The lowest BCUT2D eigenvalue weighted by molar-refractivity contribution is 0.210. The molecule has 0 amide bonds. The van der Waals surface area contributed by atoms with Crippen LogP contribution in [0.2, 0.25) is 0 Å². The normalized spacial score (nSPS) is 24.8. The molecule has 0 aromatic carbocycles. The van der Waals surface area contributed by atoms with Crippen LogP contribution in [0.1, 0.15) is 70.2 Å². The van der Waals surface area contributed by atoms with Gasteiger partial charge in [0.2, 0.25) is 0 Å². The fourth-order valence-corrected chi connectivity index (χ4v) is 3.84. The van der Waals surface area contributed by atoms with Gasteiger partial charge >= 0.3 is 0 Å². The quantitative estimate of drug-likeness (QED) is 0.856. The molecule has 0 bridgehead atoms. The average Bonchev–Trinajstić information content (AvgIpc) is 2.85. The van der Waals surface area contributed by atoms with Crippen molar-refractivity contribution in [3.63, 3.8) is 0 Å². The van der Waals surface area contributed by atoms with E-state index in [4.69, 9.17) is 0 Å². The Morgan fingerprint density at radius 1 is 1.35 bits per heavy atom. The SMILES string of the molecule is CCNC(c1cn(C)nc1CC)C1CCCC(CC)C1. The Balaban J connectivity index is 2.21. The average molecular weight is 277 g/mol.